The van der Waals surface area contributed by atoms with Gasteiger partial charge in [-0.15, -0.1) is 0 Å². The Morgan fingerprint density at radius 1 is 1.08 bits per heavy atom. The number of benzene rings is 2. The molecule has 0 aromatic heterocycles. The van der Waals surface area contributed by atoms with E-state index in [0.717, 1.165) is 22.6 Å². The molecule has 2 aromatic carbocycles. The molecular weight excluding hydrogens is 332 g/mol. The Hall–Kier alpha value is -3.02. The van der Waals surface area contributed by atoms with Crippen molar-refractivity contribution in [2.45, 2.75) is 18.9 Å². The van der Waals surface area contributed by atoms with Crippen LogP contribution in [-0.4, -0.2) is 33.1 Å². The van der Waals surface area contributed by atoms with E-state index in [4.69, 9.17) is 9.47 Å². The lowest BCUT2D eigenvalue weighted by Crippen LogP contribution is -2.29. The van der Waals surface area contributed by atoms with Crippen LogP contribution in [0.2, 0.25) is 0 Å². The molecule has 0 spiro atoms. The normalized spacial score (nSPS) is 15.5. The number of hydrogen-bond acceptors (Lipinski definition) is 4. The Bertz CT molecular complexity index is 789. The molecule has 136 valence electrons. The summed E-state index contributed by atoms with van der Waals surface area (Å²) in [7, 11) is 3.23. The third-order valence-corrected chi connectivity index (χ3v) is 4.63. The highest BCUT2D eigenvalue weighted by molar-refractivity contribution is 6.05. The quantitative estimate of drug-likeness (QED) is 0.584. The lowest BCUT2D eigenvalue weighted by Gasteiger charge is -2.19. The van der Waals surface area contributed by atoms with Crippen LogP contribution in [0.25, 0.3) is 0 Å². The maximum atomic E-state index is 13.0. The van der Waals surface area contributed by atoms with Gasteiger partial charge in [0.15, 0.2) is 0 Å². The van der Waals surface area contributed by atoms with Gasteiger partial charge in [0.2, 0.25) is 12.3 Å². The third-order valence-electron chi connectivity index (χ3n) is 4.63. The fourth-order valence-electron chi connectivity index (χ4n) is 3.26. The van der Waals surface area contributed by atoms with Gasteiger partial charge in [-0.2, -0.15) is 0 Å². The van der Waals surface area contributed by atoms with Crippen molar-refractivity contribution in [2.75, 3.05) is 25.7 Å². The number of carbonyl (C=O) groups is 2. The molecule has 0 aliphatic carbocycles. The number of ether oxygens (including phenoxy) is 2. The summed E-state index contributed by atoms with van der Waals surface area (Å²) in [6.07, 6.45) is 1.22. The topological polar surface area (TPSA) is 67.9 Å². The summed E-state index contributed by atoms with van der Waals surface area (Å²) in [5.74, 6) is 1.27. The van der Waals surface area contributed by atoms with Gasteiger partial charge in [-0.3, -0.25) is 9.59 Å². The van der Waals surface area contributed by atoms with E-state index < -0.39 is 0 Å². The highest BCUT2D eigenvalue weighted by atomic mass is 16.5. The minimum Gasteiger partial charge on any atom is -0.497 e. The van der Waals surface area contributed by atoms with Gasteiger partial charge in [-0.25, -0.2) is 0 Å². The van der Waals surface area contributed by atoms with Gasteiger partial charge in [-0.1, -0.05) is 18.2 Å². The number of anilines is 1. The van der Waals surface area contributed by atoms with E-state index in [1.165, 1.54) is 0 Å². The third kappa shape index (κ3) is 3.49. The summed E-state index contributed by atoms with van der Waals surface area (Å²) in [6.45, 7) is 0.933. The maximum Gasteiger partial charge on any atom is 0.234 e. The average Bonchev–Trinajstić information content (AvgIpc) is 2.93. The van der Waals surface area contributed by atoms with Crippen molar-refractivity contribution in [3.05, 3.63) is 53.6 Å². The van der Waals surface area contributed by atoms with Crippen molar-refractivity contribution in [2.24, 2.45) is 0 Å². The molecule has 1 heterocycles. The van der Waals surface area contributed by atoms with Crippen molar-refractivity contribution in [1.29, 1.82) is 0 Å². The molecule has 6 heteroatoms. The Kier molecular flexibility index (Phi) is 5.41. The molecule has 1 atom stereocenters. The molecule has 0 saturated carbocycles. The number of amides is 2. The summed E-state index contributed by atoms with van der Waals surface area (Å²) in [4.78, 5) is 25.3. The van der Waals surface area contributed by atoms with Crippen LogP contribution in [0, 0.1) is 0 Å². The Labute approximate surface area is 152 Å². The second kappa shape index (κ2) is 7.91. The van der Waals surface area contributed by atoms with Crippen LogP contribution in [0.15, 0.2) is 42.5 Å². The summed E-state index contributed by atoms with van der Waals surface area (Å²) in [6, 6.07) is 13.4. The molecule has 6 nitrogen and oxygen atoms in total. The van der Waals surface area contributed by atoms with Crippen molar-refractivity contribution >= 4 is 18.0 Å². The van der Waals surface area contributed by atoms with Crippen LogP contribution in [-0.2, 0) is 16.1 Å². The molecule has 0 radical (unpaired) electrons. The van der Waals surface area contributed by atoms with Gasteiger partial charge in [0, 0.05) is 12.6 Å². The number of nitrogens with zero attached hydrogens (tertiary/aromatic N) is 1. The average molecular weight is 354 g/mol. The number of carbonyl (C=O) groups excluding carboxylic acids is 2. The zero-order chi connectivity index (χ0) is 18.5. The fraction of sp³-hybridized carbons (Fsp3) is 0.300. The minimum absolute atomic E-state index is 0.0387. The molecule has 2 aromatic rings. The first kappa shape index (κ1) is 17.8. The molecule has 1 aliphatic rings. The number of hydrogen-bond donors (Lipinski definition) is 1. The first-order chi connectivity index (χ1) is 12.7. The largest absolute Gasteiger partial charge is 0.497 e. The monoisotopic (exact) mass is 354 g/mol. The molecule has 0 unspecified atom stereocenters. The smallest absolute Gasteiger partial charge is 0.234 e. The van der Waals surface area contributed by atoms with Crippen LogP contribution >= 0.6 is 0 Å². The van der Waals surface area contributed by atoms with Crippen molar-refractivity contribution in [3.8, 4) is 11.5 Å². The molecule has 26 heavy (non-hydrogen) atoms. The van der Waals surface area contributed by atoms with Crippen LogP contribution in [0.5, 0.6) is 11.5 Å². The van der Waals surface area contributed by atoms with Crippen LogP contribution < -0.4 is 19.7 Å². The summed E-state index contributed by atoms with van der Waals surface area (Å²) in [5, 5.41) is 2.64. The predicted molar refractivity (Wildman–Crippen MR) is 98.6 cm³/mol. The first-order valence-corrected chi connectivity index (χ1v) is 8.47. The molecule has 2 amide bonds. The summed E-state index contributed by atoms with van der Waals surface area (Å²) < 4.78 is 10.5. The van der Waals surface area contributed by atoms with E-state index in [-0.39, 0.29) is 11.8 Å². The van der Waals surface area contributed by atoms with Crippen LogP contribution in [0.3, 0.4) is 0 Å². The van der Waals surface area contributed by atoms with Crippen LogP contribution in [0.1, 0.15) is 23.5 Å². The van der Waals surface area contributed by atoms with E-state index >= 15 is 0 Å². The van der Waals surface area contributed by atoms with Gasteiger partial charge >= 0.3 is 0 Å². The zero-order valence-corrected chi connectivity index (χ0v) is 14.9. The van der Waals surface area contributed by atoms with Gasteiger partial charge in [0.05, 0.1) is 32.4 Å². The molecule has 1 aliphatic heterocycles. The number of methoxy groups -OCH3 is 2. The van der Waals surface area contributed by atoms with Crippen molar-refractivity contribution in [3.63, 3.8) is 0 Å². The highest BCUT2D eigenvalue weighted by Crippen LogP contribution is 2.41. The second-order valence-corrected chi connectivity index (χ2v) is 6.11. The summed E-state index contributed by atoms with van der Waals surface area (Å²) in [5.41, 5.74) is 2.85. The van der Waals surface area contributed by atoms with Gasteiger partial charge in [0.1, 0.15) is 11.5 Å². The maximum absolute atomic E-state index is 13.0. The highest BCUT2D eigenvalue weighted by Gasteiger charge is 2.37. The Morgan fingerprint density at radius 3 is 2.42 bits per heavy atom. The fourth-order valence-corrected chi connectivity index (χ4v) is 3.26. The Morgan fingerprint density at radius 2 is 1.77 bits per heavy atom. The lowest BCUT2D eigenvalue weighted by molar-refractivity contribution is -0.119. The molecule has 3 rings (SSSR count). The molecule has 1 N–H and O–H groups in total. The van der Waals surface area contributed by atoms with Gasteiger partial charge in [-0.05, 0) is 35.7 Å². The van der Waals surface area contributed by atoms with E-state index in [1.54, 1.807) is 19.1 Å². The number of rotatable bonds is 8. The molecule has 0 saturated heterocycles. The SMILES string of the molecule is COc1ccc(CN2C(=O)[C@H](CCNC=O)c3ccc(OC)cc32)cc1. The van der Waals surface area contributed by atoms with E-state index in [9.17, 15) is 9.59 Å². The minimum atomic E-state index is -0.262. The molecule has 0 fully saturated rings. The first-order valence-electron chi connectivity index (χ1n) is 8.47. The van der Waals surface area contributed by atoms with E-state index in [0.29, 0.717) is 31.7 Å². The van der Waals surface area contributed by atoms with Gasteiger partial charge < -0.3 is 19.7 Å². The van der Waals surface area contributed by atoms with Gasteiger partial charge in [0.25, 0.3) is 0 Å². The molecular formula is C20H22N2O4. The standard InChI is InChI=1S/C20H22N2O4/c1-25-15-5-3-14(4-6-15)12-22-19-11-16(26-2)7-8-17(19)18(20(22)24)9-10-21-13-23/h3-8,11,13,18H,9-10,12H2,1-2H3,(H,21,23)/t18-/m1/s1. The predicted octanol–water partition coefficient (Wildman–Crippen LogP) is 2.47. The number of nitrogens with one attached hydrogen (secondary N) is 1. The zero-order valence-electron chi connectivity index (χ0n) is 14.9. The van der Waals surface area contributed by atoms with E-state index in [2.05, 4.69) is 5.32 Å². The lowest BCUT2D eigenvalue weighted by atomic mass is 9.97. The van der Waals surface area contributed by atoms with Crippen molar-refractivity contribution in [1.82, 2.24) is 5.32 Å². The van der Waals surface area contributed by atoms with E-state index in [1.807, 2.05) is 42.5 Å². The van der Waals surface area contributed by atoms with Crippen LogP contribution in [0.4, 0.5) is 5.69 Å². The summed E-state index contributed by atoms with van der Waals surface area (Å²) >= 11 is 0. The number of fused-ring (bicyclic) bond motifs is 1. The Balaban J connectivity index is 1.88. The molecule has 0 bridgehead atoms. The second-order valence-electron chi connectivity index (χ2n) is 6.11. The van der Waals surface area contributed by atoms with Crippen molar-refractivity contribution < 1.29 is 19.1 Å².